The molecule has 0 saturated heterocycles. The maximum atomic E-state index is 11.0. The number of carbonyl (C=O) groups is 2. The van der Waals surface area contributed by atoms with Gasteiger partial charge in [0.1, 0.15) is 23.2 Å². The first-order valence-corrected chi connectivity index (χ1v) is 6.16. The molecule has 0 saturated carbocycles. The Morgan fingerprint density at radius 2 is 2.05 bits per heavy atom. The van der Waals surface area contributed by atoms with E-state index in [0.29, 0.717) is 0 Å². The molecular formula is C12H14ClCsN2O5. The maximum absolute atomic E-state index is 11.0. The average Bonchev–Trinajstić information content (AvgIpc) is 2.26. The first kappa shape index (κ1) is 21.2. The Bertz CT molecular complexity index is 512. The van der Waals surface area contributed by atoms with Gasteiger partial charge in [0.15, 0.2) is 5.97 Å². The number of esters is 1. The number of carboxylic acids is 1. The number of hydrogen-bond donors (Lipinski definition) is 0. The summed E-state index contributed by atoms with van der Waals surface area (Å²) in [5, 5.41) is 10.6. The number of halogens is 1. The van der Waals surface area contributed by atoms with Crippen LogP contribution in [-0.4, -0.2) is 33.6 Å². The molecule has 0 amide bonds. The Balaban J connectivity index is 0.00000400. The van der Waals surface area contributed by atoms with Crippen molar-refractivity contribution in [2.45, 2.75) is 38.9 Å². The number of ether oxygens (including phenoxy) is 2. The number of rotatable bonds is 5. The molecule has 1 unspecified atom stereocenters. The molecule has 21 heavy (non-hydrogen) atoms. The van der Waals surface area contributed by atoms with Crippen LogP contribution in [0.4, 0.5) is 0 Å². The van der Waals surface area contributed by atoms with Crippen molar-refractivity contribution >= 4 is 23.5 Å². The van der Waals surface area contributed by atoms with E-state index in [2.05, 4.69) is 9.97 Å². The molecule has 0 bridgehead atoms. The second kappa shape index (κ2) is 9.33. The van der Waals surface area contributed by atoms with E-state index in [0.717, 1.165) is 0 Å². The van der Waals surface area contributed by atoms with Crippen LogP contribution in [0.3, 0.4) is 0 Å². The fourth-order valence-electron chi connectivity index (χ4n) is 1.66. The van der Waals surface area contributed by atoms with E-state index in [1.165, 1.54) is 12.4 Å². The summed E-state index contributed by atoms with van der Waals surface area (Å²) >= 11 is 5.69. The second-order valence-corrected chi connectivity index (χ2v) is 5.14. The summed E-state index contributed by atoms with van der Waals surface area (Å²) < 4.78 is 10.3. The summed E-state index contributed by atoms with van der Waals surface area (Å²) in [6, 6.07) is 1.44. The summed E-state index contributed by atoms with van der Waals surface area (Å²) in [7, 11) is 0. The number of carboxylic acid groups (broad SMARTS) is 1. The van der Waals surface area contributed by atoms with Crippen molar-refractivity contribution in [1.29, 1.82) is 0 Å². The number of hydrogen-bond acceptors (Lipinski definition) is 7. The van der Waals surface area contributed by atoms with E-state index < -0.39 is 17.5 Å². The van der Waals surface area contributed by atoms with E-state index in [-0.39, 0.29) is 92.5 Å². The van der Waals surface area contributed by atoms with Gasteiger partial charge in [-0.1, -0.05) is 11.6 Å². The van der Waals surface area contributed by atoms with E-state index in [1.54, 1.807) is 20.8 Å². The molecule has 0 fully saturated rings. The number of nitrogens with zero attached hydrogens (tertiary/aromatic N) is 2. The van der Waals surface area contributed by atoms with Gasteiger partial charge in [0.25, 0.3) is 0 Å². The summed E-state index contributed by atoms with van der Waals surface area (Å²) in [4.78, 5) is 28.9. The van der Waals surface area contributed by atoms with Gasteiger partial charge in [-0.2, -0.15) is 0 Å². The Labute approximate surface area is 186 Å². The maximum Gasteiger partial charge on any atom is 1.00 e. The van der Waals surface area contributed by atoms with Crippen LogP contribution >= 0.6 is 11.6 Å². The smallest absolute Gasteiger partial charge is 0.539 e. The minimum atomic E-state index is -1.88. The molecular weight excluding hydrogens is 420 g/mol. The SMILES string of the molecule is CC(CC(C)(C)OC(=O)C(=O)[O-])Oc1cc(Cl)ncn1.[Cs+]. The molecule has 0 aromatic carbocycles. The van der Waals surface area contributed by atoms with Crippen LogP contribution in [0, 0.1) is 0 Å². The van der Waals surface area contributed by atoms with Crippen molar-refractivity contribution in [1.82, 2.24) is 9.97 Å². The number of aromatic nitrogens is 2. The van der Waals surface area contributed by atoms with Gasteiger partial charge in [-0.3, -0.25) is 0 Å². The van der Waals surface area contributed by atoms with Crippen LogP contribution in [0.1, 0.15) is 27.2 Å². The van der Waals surface area contributed by atoms with Crippen LogP contribution in [0.15, 0.2) is 12.4 Å². The molecule has 1 heterocycles. The van der Waals surface area contributed by atoms with Crippen LogP contribution in [0.5, 0.6) is 5.88 Å². The topological polar surface area (TPSA) is 101 Å². The van der Waals surface area contributed by atoms with E-state index in [4.69, 9.17) is 21.1 Å². The molecule has 0 radical (unpaired) electrons. The third-order valence-electron chi connectivity index (χ3n) is 2.25. The van der Waals surface area contributed by atoms with Gasteiger partial charge in [-0.25, -0.2) is 14.8 Å². The van der Waals surface area contributed by atoms with E-state index in [1.807, 2.05) is 0 Å². The van der Waals surface area contributed by atoms with Gasteiger partial charge >= 0.3 is 74.9 Å². The predicted octanol–water partition coefficient (Wildman–Crippen LogP) is -2.64. The first-order valence-electron chi connectivity index (χ1n) is 5.78. The first-order chi connectivity index (χ1) is 9.19. The normalized spacial score (nSPS) is 12.0. The molecule has 7 nitrogen and oxygen atoms in total. The fraction of sp³-hybridized carbons (Fsp3) is 0.500. The zero-order valence-corrected chi connectivity index (χ0v) is 19.3. The average molecular weight is 435 g/mol. The summed E-state index contributed by atoms with van der Waals surface area (Å²) in [6.07, 6.45) is 1.13. The number of carbonyl (C=O) groups excluding carboxylic acids is 2. The van der Waals surface area contributed by atoms with Gasteiger partial charge in [-0.15, -0.1) is 0 Å². The van der Waals surface area contributed by atoms with Crippen LogP contribution in [-0.2, 0) is 14.3 Å². The Hall–Kier alpha value is 0.162. The monoisotopic (exact) mass is 434 g/mol. The van der Waals surface area contributed by atoms with Gasteiger partial charge < -0.3 is 19.4 Å². The standard InChI is InChI=1S/C12H15ClN2O5.Cs/c1-7(19-9-4-8(13)14-6-15-9)5-12(2,3)20-11(18)10(16)17;/h4,6-7H,5H2,1-3H3,(H,16,17);/q;+1/p-1. The van der Waals surface area contributed by atoms with Crippen molar-refractivity contribution in [3.05, 3.63) is 17.5 Å². The predicted molar refractivity (Wildman–Crippen MR) is 66.9 cm³/mol. The Kier molecular flexibility index (Phi) is 9.41. The van der Waals surface area contributed by atoms with Crippen LogP contribution in [0.2, 0.25) is 5.15 Å². The molecule has 0 aliphatic carbocycles. The van der Waals surface area contributed by atoms with Crippen molar-refractivity contribution in [2.75, 3.05) is 0 Å². The van der Waals surface area contributed by atoms with Crippen molar-refractivity contribution in [3.63, 3.8) is 0 Å². The third kappa shape index (κ3) is 8.39. The largest absolute Gasteiger partial charge is 1.00 e. The fourth-order valence-corrected chi connectivity index (χ4v) is 1.79. The molecule has 0 spiro atoms. The van der Waals surface area contributed by atoms with Crippen molar-refractivity contribution in [3.8, 4) is 5.88 Å². The molecule has 0 aliphatic heterocycles. The molecule has 0 aliphatic rings. The third-order valence-corrected chi connectivity index (χ3v) is 2.45. The molecule has 1 atom stereocenters. The van der Waals surface area contributed by atoms with Gasteiger partial charge in [0.2, 0.25) is 5.88 Å². The molecule has 110 valence electrons. The quantitative estimate of drug-likeness (QED) is 0.284. The minimum absolute atomic E-state index is 0. The molecule has 9 heteroatoms. The Morgan fingerprint density at radius 3 is 2.57 bits per heavy atom. The van der Waals surface area contributed by atoms with E-state index >= 15 is 0 Å². The Morgan fingerprint density at radius 1 is 1.43 bits per heavy atom. The zero-order chi connectivity index (χ0) is 15.3. The van der Waals surface area contributed by atoms with Crippen molar-refractivity contribution in [2.24, 2.45) is 0 Å². The van der Waals surface area contributed by atoms with Gasteiger partial charge in [-0.05, 0) is 20.8 Å². The van der Waals surface area contributed by atoms with Crippen molar-refractivity contribution < 1.29 is 93.1 Å². The summed E-state index contributed by atoms with van der Waals surface area (Å²) in [6.45, 7) is 4.87. The van der Waals surface area contributed by atoms with Gasteiger partial charge in [0, 0.05) is 12.5 Å². The molecule has 0 N–H and O–H groups in total. The molecule has 1 aromatic rings. The zero-order valence-electron chi connectivity index (χ0n) is 12.3. The number of aliphatic carboxylic acids is 1. The van der Waals surface area contributed by atoms with Crippen LogP contribution < -0.4 is 78.7 Å². The van der Waals surface area contributed by atoms with Crippen LogP contribution in [0.25, 0.3) is 0 Å². The minimum Gasteiger partial charge on any atom is -0.539 e. The van der Waals surface area contributed by atoms with E-state index in [9.17, 15) is 14.7 Å². The summed E-state index contributed by atoms with van der Waals surface area (Å²) in [5.74, 6) is -3.01. The van der Waals surface area contributed by atoms with Gasteiger partial charge in [0.05, 0.1) is 0 Å². The second-order valence-electron chi connectivity index (χ2n) is 4.75. The molecule has 1 rings (SSSR count). The summed E-state index contributed by atoms with van der Waals surface area (Å²) in [5.41, 5.74) is -1.02. The molecule has 1 aromatic heterocycles.